The second-order valence-corrected chi connectivity index (χ2v) is 6.23. The van der Waals surface area contributed by atoms with E-state index in [-0.39, 0.29) is 0 Å². The largest absolute Gasteiger partial charge is 0.361 e. The molecule has 96 valence electrons. The highest BCUT2D eigenvalue weighted by atomic mass is 31.2. The van der Waals surface area contributed by atoms with Crippen molar-refractivity contribution in [3.8, 4) is 0 Å². The summed E-state index contributed by atoms with van der Waals surface area (Å²) in [6, 6.07) is 0. The van der Waals surface area contributed by atoms with Gasteiger partial charge in [0.05, 0.1) is 24.9 Å². The lowest BCUT2D eigenvalue weighted by molar-refractivity contribution is -0.918. The van der Waals surface area contributed by atoms with E-state index in [0.29, 0.717) is 11.9 Å². The standard InChI is InChI=1S/C11H25NO3P/c1-7-12(8-2,9-3)10-11(4)16(13,14-5)15-6/h4,7-10H2,1-3,5-6H3/q+1. The Morgan fingerprint density at radius 2 is 1.50 bits per heavy atom. The third-order valence-corrected chi connectivity index (χ3v) is 5.28. The third kappa shape index (κ3) is 3.42. The van der Waals surface area contributed by atoms with Crippen molar-refractivity contribution in [3.63, 3.8) is 0 Å². The Morgan fingerprint density at radius 3 is 1.75 bits per heavy atom. The van der Waals surface area contributed by atoms with Gasteiger partial charge in [-0.25, -0.2) is 0 Å². The second-order valence-electron chi connectivity index (χ2n) is 3.88. The molecule has 0 fully saturated rings. The van der Waals surface area contributed by atoms with Crippen molar-refractivity contribution >= 4 is 7.60 Å². The van der Waals surface area contributed by atoms with Gasteiger partial charge in [-0.3, -0.25) is 4.57 Å². The Balaban J connectivity index is 4.83. The second kappa shape index (κ2) is 6.55. The van der Waals surface area contributed by atoms with Gasteiger partial charge in [-0.2, -0.15) is 0 Å². The molecule has 5 heteroatoms. The van der Waals surface area contributed by atoms with Crippen LogP contribution in [0.25, 0.3) is 0 Å². The summed E-state index contributed by atoms with van der Waals surface area (Å²) >= 11 is 0. The molecule has 0 amide bonds. The molecule has 0 aromatic carbocycles. The number of likely N-dealkylation sites (N-methyl/N-ethyl adjacent to an activating group) is 1. The molecule has 16 heavy (non-hydrogen) atoms. The molecular weight excluding hydrogens is 225 g/mol. The molecule has 0 aromatic heterocycles. The van der Waals surface area contributed by atoms with Crippen molar-refractivity contribution in [1.82, 2.24) is 0 Å². The van der Waals surface area contributed by atoms with Crippen LogP contribution in [-0.4, -0.2) is 44.9 Å². The van der Waals surface area contributed by atoms with Crippen LogP contribution in [0.1, 0.15) is 20.8 Å². The monoisotopic (exact) mass is 250 g/mol. The Labute approximate surface area is 99.4 Å². The first-order valence-electron chi connectivity index (χ1n) is 5.68. The van der Waals surface area contributed by atoms with Crippen LogP contribution in [0.15, 0.2) is 11.9 Å². The maximum absolute atomic E-state index is 12.1. The highest BCUT2D eigenvalue weighted by molar-refractivity contribution is 7.58. The van der Waals surface area contributed by atoms with Crippen molar-refractivity contribution in [3.05, 3.63) is 11.9 Å². The molecule has 0 rings (SSSR count). The molecular formula is C11H25NO3P+. The zero-order valence-electron chi connectivity index (χ0n) is 11.2. The van der Waals surface area contributed by atoms with E-state index in [1.807, 2.05) is 0 Å². The fourth-order valence-electron chi connectivity index (χ4n) is 1.81. The minimum absolute atomic E-state index is 0.558. The van der Waals surface area contributed by atoms with E-state index in [9.17, 15) is 4.57 Å². The van der Waals surface area contributed by atoms with E-state index >= 15 is 0 Å². The lowest BCUT2D eigenvalue weighted by Crippen LogP contribution is -2.48. The average Bonchev–Trinajstić information content (AvgIpc) is 2.34. The van der Waals surface area contributed by atoms with Crippen molar-refractivity contribution in [2.75, 3.05) is 40.4 Å². The van der Waals surface area contributed by atoms with Crippen LogP contribution < -0.4 is 0 Å². The zero-order valence-corrected chi connectivity index (χ0v) is 12.0. The molecule has 0 heterocycles. The van der Waals surface area contributed by atoms with Crippen molar-refractivity contribution < 1.29 is 18.1 Å². The topological polar surface area (TPSA) is 35.5 Å². The van der Waals surface area contributed by atoms with Gasteiger partial charge in [-0.15, -0.1) is 0 Å². The van der Waals surface area contributed by atoms with Crippen LogP contribution >= 0.6 is 7.60 Å². The minimum Gasteiger partial charge on any atom is -0.320 e. The van der Waals surface area contributed by atoms with E-state index < -0.39 is 7.60 Å². The third-order valence-electron chi connectivity index (χ3n) is 3.40. The summed E-state index contributed by atoms with van der Waals surface area (Å²) in [6.45, 7) is 13.9. The van der Waals surface area contributed by atoms with Crippen LogP contribution in [0.5, 0.6) is 0 Å². The SMILES string of the molecule is C=C(C[N+](CC)(CC)CC)P(=O)(OC)OC. The summed E-state index contributed by atoms with van der Waals surface area (Å²) < 4.78 is 22.9. The first kappa shape index (κ1) is 15.9. The summed E-state index contributed by atoms with van der Waals surface area (Å²) in [5, 5.41) is 0.558. The van der Waals surface area contributed by atoms with E-state index in [2.05, 4.69) is 27.4 Å². The summed E-state index contributed by atoms with van der Waals surface area (Å²) in [4.78, 5) is 0. The van der Waals surface area contributed by atoms with E-state index in [1.54, 1.807) is 0 Å². The molecule has 0 N–H and O–H groups in total. The summed E-state index contributed by atoms with van der Waals surface area (Å²) in [6.07, 6.45) is 0. The minimum atomic E-state index is -3.12. The van der Waals surface area contributed by atoms with Crippen molar-refractivity contribution in [2.45, 2.75) is 20.8 Å². The summed E-state index contributed by atoms with van der Waals surface area (Å²) in [5.74, 6) is 0. The number of nitrogens with zero attached hydrogens (tertiary/aromatic N) is 1. The van der Waals surface area contributed by atoms with Gasteiger partial charge in [-0.05, 0) is 20.8 Å². The molecule has 0 aliphatic heterocycles. The highest BCUT2D eigenvalue weighted by Crippen LogP contribution is 2.54. The number of quaternary nitrogens is 1. The zero-order chi connectivity index (χ0) is 12.8. The van der Waals surface area contributed by atoms with Crippen LogP contribution in [0.2, 0.25) is 0 Å². The normalized spacial score (nSPS) is 12.8. The lowest BCUT2D eigenvalue weighted by Gasteiger charge is -2.37. The summed E-state index contributed by atoms with van der Waals surface area (Å²) in [5.41, 5.74) is 0. The molecule has 4 nitrogen and oxygen atoms in total. The van der Waals surface area contributed by atoms with E-state index in [1.165, 1.54) is 14.2 Å². The number of rotatable bonds is 8. The number of hydrogen-bond donors (Lipinski definition) is 0. The average molecular weight is 250 g/mol. The van der Waals surface area contributed by atoms with Gasteiger partial charge in [0.15, 0.2) is 0 Å². The Hall–Kier alpha value is -0.150. The van der Waals surface area contributed by atoms with Gasteiger partial charge in [0.1, 0.15) is 6.54 Å². The Bertz CT molecular complexity index is 258. The summed E-state index contributed by atoms with van der Waals surface area (Å²) in [7, 11) is -0.325. The predicted octanol–water partition coefficient (Wildman–Crippen LogP) is 2.86. The maximum atomic E-state index is 12.1. The van der Waals surface area contributed by atoms with Crippen molar-refractivity contribution in [2.24, 2.45) is 0 Å². The molecule has 0 atom stereocenters. The van der Waals surface area contributed by atoms with Gasteiger partial charge in [0, 0.05) is 14.2 Å². The molecule has 0 spiro atoms. The van der Waals surface area contributed by atoms with Gasteiger partial charge < -0.3 is 13.5 Å². The van der Waals surface area contributed by atoms with E-state index in [0.717, 1.165) is 24.1 Å². The Morgan fingerprint density at radius 1 is 1.12 bits per heavy atom. The Kier molecular flexibility index (Phi) is 6.49. The van der Waals surface area contributed by atoms with Crippen LogP contribution in [0.4, 0.5) is 0 Å². The van der Waals surface area contributed by atoms with Crippen LogP contribution in [0.3, 0.4) is 0 Å². The molecule has 0 saturated carbocycles. The molecule has 0 aliphatic carbocycles. The first-order valence-corrected chi connectivity index (χ1v) is 7.22. The lowest BCUT2D eigenvalue weighted by atomic mass is 10.3. The van der Waals surface area contributed by atoms with Gasteiger partial charge in [0.25, 0.3) is 0 Å². The van der Waals surface area contributed by atoms with Gasteiger partial charge in [-0.1, -0.05) is 6.58 Å². The van der Waals surface area contributed by atoms with E-state index in [4.69, 9.17) is 9.05 Å². The predicted molar refractivity (Wildman–Crippen MR) is 67.5 cm³/mol. The smallest absolute Gasteiger partial charge is 0.320 e. The fraction of sp³-hybridized carbons (Fsp3) is 0.818. The highest BCUT2D eigenvalue weighted by Gasteiger charge is 2.33. The molecule has 0 aromatic rings. The fourth-order valence-corrected chi connectivity index (χ4v) is 2.95. The first-order chi connectivity index (χ1) is 7.43. The molecule has 0 bridgehead atoms. The molecule has 0 unspecified atom stereocenters. The number of hydrogen-bond acceptors (Lipinski definition) is 3. The maximum Gasteiger partial charge on any atom is 0.361 e. The quantitative estimate of drug-likeness (QED) is 0.491. The van der Waals surface area contributed by atoms with Crippen LogP contribution in [0, 0.1) is 0 Å². The molecule has 0 aliphatic rings. The van der Waals surface area contributed by atoms with Crippen LogP contribution in [-0.2, 0) is 13.6 Å². The molecule has 0 saturated heterocycles. The van der Waals surface area contributed by atoms with Crippen molar-refractivity contribution in [1.29, 1.82) is 0 Å². The van der Waals surface area contributed by atoms with Gasteiger partial charge >= 0.3 is 7.60 Å². The molecule has 0 radical (unpaired) electrons. The van der Waals surface area contributed by atoms with Gasteiger partial charge in [0.2, 0.25) is 0 Å².